The Morgan fingerprint density at radius 2 is 1.38 bits per heavy atom. The van der Waals surface area contributed by atoms with Gasteiger partial charge in [0, 0.05) is 21.1 Å². The van der Waals surface area contributed by atoms with Gasteiger partial charge in [-0.15, -0.1) is 0 Å². The summed E-state index contributed by atoms with van der Waals surface area (Å²) in [5, 5.41) is 0. The van der Waals surface area contributed by atoms with Gasteiger partial charge in [0.1, 0.15) is 0 Å². The molecule has 0 rings (SSSR count). The number of hydrogen-bond donors (Lipinski definition) is 0. The number of rotatable bonds is 0. The fourth-order valence-corrected chi connectivity index (χ4v) is 0. The number of nitrogens with zero attached hydrogens (tertiary/aromatic N) is 1. The Balaban J connectivity index is -0.0000000183. The van der Waals surface area contributed by atoms with Crippen LogP contribution in [-0.4, -0.2) is 35.8 Å². The van der Waals surface area contributed by atoms with E-state index in [1.54, 1.807) is 6.92 Å². The van der Waals surface area contributed by atoms with Crippen molar-refractivity contribution in [3.63, 3.8) is 0 Å². The SMILES string of the molecule is [CH2-]C.[CH2-][N](C)[Pb].[CH3-].[W]. The minimum Gasteiger partial charge on any atom is -0.358 e. The molecule has 8 heavy (non-hydrogen) atoms. The zero-order valence-electron chi connectivity index (χ0n) is 5.77. The molecule has 0 aliphatic carbocycles. The second-order valence-corrected chi connectivity index (χ2v) is 3.67. The smallest absolute Gasteiger partial charge is 0 e. The molecule has 0 aromatic heterocycles. The van der Waals surface area contributed by atoms with Crippen molar-refractivity contribution >= 4 is 26.1 Å². The summed E-state index contributed by atoms with van der Waals surface area (Å²) in [6.07, 6.45) is 0. The predicted molar refractivity (Wildman–Crippen MR) is 36.3 cm³/mol. The molecular formula is C5H13NPbW-3. The Bertz CT molecular complexity index is 17.1. The third-order valence-electron chi connectivity index (χ3n) is 0. The molecule has 0 atom stereocenters. The molecule has 51 valence electrons. The van der Waals surface area contributed by atoms with Crippen LogP contribution in [0, 0.1) is 21.4 Å². The molecule has 1 nitrogen and oxygen atoms in total. The fourth-order valence-electron chi connectivity index (χ4n) is 0. The van der Waals surface area contributed by atoms with Gasteiger partial charge in [-0.25, -0.2) is 0 Å². The molecule has 0 fully saturated rings. The monoisotopic (exact) mass is 479 g/mol. The van der Waals surface area contributed by atoms with Gasteiger partial charge in [0.25, 0.3) is 0 Å². The largest absolute Gasteiger partial charge is 0.358 e. The normalized spacial score (nSPS) is 5.25. The van der Waals surface area contributed by atoms with Crippen LogP contribution in [-0.2, 0) is 21.1 Å². The van der Waals surface area contributed by atoms with E-state index in [1.807, 2.05) is 9.76 Å². The molecule has 0 saturated heterocycles. The first-order valence-corrected chi connectivity index (χ1v) is 3.43. The van der Waals surface area contributed by atoms with E-state index in [4.69, 9.17) is 0 Å². The summed E-state index contributed by atoms with van der Waals surface area (Å²) in [5.74, 6) is 0. The van der Waals surface area contributed by atoms with E-state index < -0.39 is 0 Å². The fraction of sp³-hybridized carbons (Fsp3) is 0.400. The van der Waals surface area contributed by atoms with Crippen LogP contribution in [0.3, 0.4) is 0 Å². The summed E-state index contributed by atoms with van der Waals surface area (Å²) in [6, 6.07) is 0. The second-order valence-electron chi connectivity index (χ2n) is 0.698. The third kappa shape index (κ3) is 133. The van der Waals surface area contributed by atoms with Crippen LogP contribution < -0.4 is 0 Å². The van der Waals surface area contributed by atoms with Crippen LogP contribution in [0.1, 0.15) is 6.92 Å². The van der Waals surface area contributed by atoms with Crippen molar-refractivity contribution in [1.29, 1.82) is 0 Å². The van der Waals surface area contributed by atoms with Crippen LogP contribution in [0.25, 0.3) is 0 Å². The van der Waals surface area contributed by atoms with Gasteiger partial charge < -0.3 is 14.4 Å². The van der Waals surface area contributed by atoms with E-state index in [1.165, 1.54) is 0 Å². The van der Waals surface area contributed by atoms with Crippen LogP contribution >= 0.6 is 0 Å². The molecule has 0 aliphatic heterocycles. The van der Waals surface area contributed by atoms with E-state index in [0.29, 0.717) is 0 Å². The Kier molecular flexibility index (Phi) is 66.6. The molecule has 3 radical (unpaired) electrons. The molecule has 0 aromatic rings. The minimum absolute atomic E-state index is 0. The predicted octanol–water partition coefficient (Wildman–Crippen LogP) is 1.08. The molecule has 0 spiro atoms. The van der Waals surface area contributed by atoms with Gasteiger partial charge in [-0.1, -0.05) is 0 Å². The molecule has 0 amide bonds. The van der Waals surface area contributed by atoms with Crippen molar-refractivity contribution < 1.29 is 21.1 Å². The first-order valence-electron chi connectivity index (χ1n) is 1.69. The molecule has 0 bridgehead atoms. The van der Waals surface area contributed by atoms with Gasteiger partial charge in [-0.3, -0.25) is 0 Å². The van der Waals surface area contributed by atoms with Crippen LogP contribution in [0.2, 0.25) is 0 Å². The van der Waals surface area contributed by atoms with Crippen molar-refractivity contribution in [2.45, 2.75) is 6.92 Å². The quantitative estimate of drug-likeness (QED) is 0.373. The van der Waals surface area contributed by atoms with Gasteiger partial charge in [0.05, 0.1) is 0 Å². The van der Waals surface area contributed by atoms with Gasteiger partial charge in [0.15, 0.2) is 0 Å². The Morgan fingerprint density at radius 3 is 1.38 bits per heavy atom. The molecular weight excluding hydrogens is 465 g/mol. The zero-order valence-corrected chi connectivity index (χ0v) is 12.6. The average Bonchev–Trinajstić information content (AvgIpc) is 1.41. The van der Waals surface area contributed by atoms with E-state index in [9.17, 15) is 0 Å². The van der Waals surface area contributed by atoms with Gasteiger partial charge in [0.2, 0.25) is 0 Å². The summed E-state index contributed by atoms with van der Waals surface area (Å²) in [5.41, 5.74) is 0. The summed E-state index contributed by atoms with van der Waals surface area (Å²) >= 11 is 1.07. The first-order chi connectivity index (χ1) is 2.73. The first kappa shape index (κ1) is 22.7. The molecule has 0 saturated carbocycles. The second kappa shape index (κ2) is 23.5. The molecule has 0 aliphatic rings. The Labute approximate surface area is 84.6 Å². The van der Waals surface area contributed by atoms with Crippen molar-refractivity contribution in [1.82, 2.24) is 2.71 Å². The van der Waals surface area contributed by atoms with Crippen molar-refractivity contribution in [2.75, 3.05) is 7.05 Å². The summed E-state index contributed by atoms with van der Waals surface area (Å²) in [6.45, 7) is 5.00. The van der Waals surface area contributed by atoms with Crippen LogP contribution in [0.15, 0.2) is 0 Å². The van der Waals surface area contributed by atoms with Gasteiger partial charge in [-0.2, -0.15) is 6.92 Å². The van der Waals surface area contributed by atoms with E-state index >= 15 is 0 Å². The number of hydrogen-bond acceptors (Lipinski definition) is 1. The third-order valence-corrected chi connectivity index (χ3v) is 0. The summed E-state index contributed by atoms with van der Waals surface area (Å²) < 4.78 is 1.89. The zero-order chi connectivity index (χ0) is 5.58. The maximum absolute atomic E-state index is 3.53. The topological polar surface area (TPSA) is 3.24 Å². The van der Waals surface area contributed by atoms with E-state index in [-0.39, 0.29) is 28.5 Å². The molecule has 0 unspecified atom stereocenters. The summed E-state index contributed by atoms with van der Waals surface area (Å²) in [4.78, 5) is 0. The average molecular weight is 478 g/mol. The maximum atomic E-state index is 3.53. The Morgan fingerprint density at radius 1 is 1.38 bits per heavy atom. The van der Waals surface area contributed by atoms with Crippen LogP contribution in [0.4, 0.5) is 0 Å². The molecule has 0 heterocycles. The van der Waals surface area contributed by atoms with Crippen molar-refractivity contribution in [3.05, 3.63) is 21.4 Å². The molecule has 0 aromatic carbocycles. The maximum Gasteiger partial charge on any atom is 0 e. The Hall–Kier alpha value is 1.57. The summed E-state index contributed by atoms with van der Waals surface area (Å²) in [7, 11) is 5.48. The standard InChI is InChI=1S/C2H5N.C2H5.CH3.Pb.W/c1-3-2;1-2;;;/h1H2,2H3;1H2,2H3;1H3;;/q-2;2*-1;+1;. The van der Waals surface area contributed by atoms with Crippen molar-refractivity contribution in [3.8, 4) is 0 Å². The molecule has 3 heteroatoms. The molecule has 0 N–H and O–H groups in total. The van der Waals surface area contributed by atoms with Crippen LogP contribution in [0.5, 0.6) is 0 Å². The minimum atomic E-state index is 0. The van der Waals surface area contributed by atoms with E-state index in [0.717, 1.165) is 26.1 Å². The van der Waals surface area contributed by atoms with Gasteiger partial charge in [-0.05, 0) is 0 Å². The van der Waals surface area contributed by atoms with Gasteiger partial charge >= 0.3 is 42.9 Å². The van der Waals surface area contributed by atoms with E-state index in [2.05, 4.69) is 14.0 Å². The van der Waals surface area contributed by atoms with Crippen molar-refractivity contribution in [2.24, 2.45) is 0 Å².